The van der Waals surface area contributed by atoms with Gasteiger partial charge in [0.05, 0.1) is 5.52 Å². The second kappa shape index (κ2) is 5.39. The van der Waals surface area contributed by atoms with Crippen LogP contribution >= 0.6 is 11.6 Å². The van der Waals surface area contributed by atoms with Crippen molar-refractivity contribution in [2.24, 2.45) is 0 Å². The number of hydrogen-bond donors (Lipinski definition) is 1. The maximum absolute atomic E-state index is 5.97. The van der Waals surface area contributed by atoms with Crippen molar-refractivity contribution in [1.29, 1.82) is 0 Å². The third-order valence-corrected chi connectivity index (χ3v) is 3.27. The number of benzene rings is 2. The van der Waals surface area contributed by atoms with Crippen LogP contribution in [0.4, 0.5) is 5.69 Å². The fraction of sp³-hybridized carbons (Fsp3) is 0.0625. The summed E-state index contributed by atoms with van der Waals surface area (Å²) in [5, 5.41) is 1.62. The Morgan fingerprint density at radius 2 is 1.85 bits per heavy atom. The first-order chi connectivity index (χ1) is 9.72. The van der Waals surface area contributed by atoms with E-state index in [0.29, 0.717) is 11.6 Å². The second-order valence-electron chi connectivity index (χ2n) is 4.50. The van der Waals surface area contributed by atoms with Gasteiger partial charge in [-0.3, -0.25) is 4.98 Å². The van der Waals surface area contributed by atoms with Crippen molar-refractivity contribution in [2.45, 2.75) is 6.61 Å². The van der Waals surface area contributed by atoms with Gasteiger partial charge in [0.2, 0.25) is 0 Å². The Bertz CT molecular complexity index is 741. The van der Waals surface area contributed by atoms with E-state index in [9.17, 15) is 0 Å². The van der Waals surface area contributed by atoms with Gasteiger partial charge in [-0.25, -0.2) is 0 Å². The maximum Gasteiger partial charge on any atom is 0.130 e. The number of aromatic nitrogens is 1. The van der Waals surface area contributed by atoms with Crippen molar-refractivity contribution in [3.8, 4) is 5.75 Å². The SMILES string of the molecule is Nc1ccc(COc2ccnc3cc(Cl)ccc23)cc1. The molecule has 20 heavy (non-hydrogen) atoms. The first-order valence-electron chi connectivity index (χ1n) is 6.24. The Kier molecular flexibility index (Phi) is 3.44. The minimum absolute atomic E-state index is 0.488. The predicted molar refractivity (Wildman–Crippen MR) is 81.9 cm³/mol. The monoisotopic (exact) mass is 284 g/mol. The molecule has 2 aromatic carbocycles. The molecule has 0 unspecified atom stereocenters. The molecule has 4 heteroatoms. The number of ether oxygens (including phenoxy) is 1. The summed E-state index contributed by atoms with van der Waals surface area (Å²) in [7, 11) is 0. The molecule has 1 aromatic heterocycles. The van der Waals surface area contributed by atoms with Gasteiger partial charge < -0.3 is 10.5 Å². The summed E-state index contributed by atoms with van der Waals surface area (Å²) >= 11 is 5.97. The van der Waals surface area contributed by atoms with Gasteiger partial charge in [-0.15, -0.1) is 0 Å². The van der Waals surface area contributed by atoms with Crippen LogP contribution in [0.1, 0.15) is 5.56 Å². The van der Waals surface area contributed by atoms with E-state index in [2.05, 4.69) is 4.98 Å². The van der Waals surface area contributed by atoms with Crippen molar-refractivity contribution in [2.75, 3.05) is 5.73 Å². The molecule has 3 rings (SSSR count). The first-order valence-corrected chi connectivity index (χ1v) is 6.62. The van der Waals surface area contributed by atoms with Gasteiger partial charge in [0.1, 0.15) is 12.4 Å². The van der Waals surface area contributed by atoms with Crippen molar-refractivity contribution in [1.82, 2.24) is 4.98 Å². The van der Waals surface area contributed by atoms with Crippen LogP contribution < -0.4 is 10.5 Å². The predicted octanol–water partition coefficient (Wildman–Crippen LogP) is 4.05. The van der Waals surface area contributed by atoms with Gasteiger partial charge in [-0.2, -0.15) is 0 Å². The molecule has 0 radical (unpaired) electrons. The molecule has 0 spiro atoms. The largest absolute Gasteiger partial charge is 0.488 e. The number of nitrogens with zero attached hydrogens (tertiary/aromatic N) is 1. The second-order valence-corrected chi connectivity index (χ2v) is 4.94. The van der Waals surface area contributed by atoms with Crippen molar-refractivity contribution < 1.29 is 4.74 Å². The zero-order valence-electron chi connectivity index (χ0n) is 10.7. The zero-order chi connectivity index (χ0) is 13.9. The quantitative estimate of drug-likeness (QED) is 0.738. The molecule has 3 aromatic rings. The first kappa shape index (κ1) is 12.8. The highest BCUT2D eigenvalue weighted by atomic mass is 35.5. The Morgan fingerprint density at radius 3 is 2.65 bits per heavy atom. The number of anilines is 1. The van der Waals surface area contributed by atoms with E-state index in [-0.39, 0.29) is 0 Å². The molecule has 0 amide bonds. The summed E-state index contributed by atoms with van der Waals surface area (Å²) in [5.41, 5.74) is 8.30. The van der Waals surface area contributed by atoms with Crippen LogP contribution in [0.25, 0.3) is 10.9 Å². The molecule has 0 bridgehead atoms. The fourth-order valence-corrected chi connectivity index (χ4v) is 2.16. The average Bonchev–Trinajstić information content (AvgIpc) is 2.46. The Labute approximate surface area is 122 Å². The number of fused-ring (bicyclic) bond motifs is 1. The average molecular weight is 285 g/mol. The molecule has 0 atom stereocenters. The molecule has 2 N–H and O–H groups in total. The molecule has 100 valence electrons. The van der Waals surface area contributed by atoms with E-state index in [1.54, 1.807) is 6.20 Å². The number of pyridine rings is 1. The highest BCUT2D eigenvalue weighted by molar-refractivity contribution is 6.31. The van der Waals surface area contributed by atoms with E-state index in [1.165, 1.54) is 0 Å². The standard InChI is InChI=1S/C16H13ClN2O/c17-12-3-6-14-15(9-12)19-8-7-16(14)20-10-11-1-4-13(18)5-2-11/h1-9H,10,18H2. The van der Waals surface area contributed by atoms with Gasteiger partial charge >= 0.3 is 0 Å². The molecule has 0 aliphatic heterocycles. The molecule has 1 heterocycles. The molecule has 0 saturated heterocycles. The summed E-state index contributed by atoms with van der Waals surface area (Å²) in [5.74, 6) is 0.795. The van der Waals surface area contributed by atoms with Crippen LogP contribution in [0.5, 0.6) is 5.75 Å². The Hall–Kier alpha value is -2.26. The summed E-state index contributed by atoms with van der Waals surface area (Å²) in [6, 6.07) is 15.1. The smallest absolute Gasteiger partial charge is 0.130 e. The number of halogens is 1. The molecular weight excluding hydrogens is 272 g/mol. The Morgan fingerprint density at radius 1 is 1.05 bits per heavy atom. The molecular formula is C16H13ClN2O. The molecule has 0 aliphatic rings. The van der Waals surface area contributed by atoms with Crippen LogP contribution in [-0.2, 0) is 6.61 Å². The molecule has 0 saturated carbocycles. The van der Waals surface area contributed by atoms with Crippen LogP contribution in [0.3, 0.4) is 0 Å². The molecule has 0 aliphatic carbocycles. The van der Waals surface area contributed by atoms with Crippen LogP contribution in [0.2, 0.25) is 5.02 Å². The zero-order valence-corrected chi connectivity index (χ0v) is 11.5. The van der Waals surface area contributed by atoms with Crippen molar-refractivity contribution in [3.63, 3.8) is 0 Å². The lowest BCUT2D eigenvalue weighted by atomic mass is 10.2. The summed E-state index contributed by atoms with van der Waals surface area (Å²) < 4.78 is 5.86. The summed E-state index contributed by atoms with van der Waals surface area (Å²) in [4.78, 5) is 4.29. The van der Waals surface area contributed by atoms with Crippen molar-refractivity contribution >= 4 is 28.2 Å². The van der Waals surface area contributed by atoms with Gasteiger partial charge in [0.15, 0.2) is 0 Å². The fourth-order valence-electron chi connectivity index (χ4n) is 2.00. The number of nitrogen functional groups attached to an aromatic ring is 1. The Balaban J connectivity index is 1.85. The molecule has 3 nitrogen and oxygen atoms in total. The van der Waals surface area contributed by atoms with E-state index in [1.807, 2.05) is 48.5 Å². The lowest BCUT2D eigenvalue weighted by Crippen LogP contribution is -1.97. The summed E-state index contributed by atoms with van der Waals surface area (Å²) in [6.07, 6.45) is 1.72. The van der Waals surface area contributed by atoms with Crippen LogP contribution in [0, 0.1) is 0 Å². The molecule has 0 fully saturated rings. The minimum Gasteiger partial charge on any atom is -0.488 e. The highest BCUT2D eigenvalue weighted by Crippen LogP contribution is 2.26. The lowest BCUT2D eigenvalue weighted by molar-refractivity contribution is 0.310. The van der Waals surface area contributed by atoms with Crippen LogP contribution in [-0.4, -0.2) is 4.98 Å². The highest BCUT2D eigenvalue weighted by Gasteiger charge is 2.04. The van der Waals surface area contributed by atoms with Crippen molar-refractivity contribution in [3.05, 3.63) is 65.3 Å². The van der Waals surface area contributed by atoms with E-state index in [4.69, 9.17) is 22.1 Å². The van der Waals surface area contributed by atoms with Gasteiger partial charge in [0.25, 0.3) is 0 Å². The maximum atomic E-state index is 5.97. The number of hydrogen-bond acceptors (Lipinski definition) is 3. The lowest BCUT2D eigenvalue weighted by Gasteiger charge is -2.09. The summed E-state index contributed by atoms with van der Waals surface area (Å²) in [6.45, 7) is 0.488. The number of rotatable bonds is 3. The van der Waals surface area contributed by atoms with Gasteiger partial charge in [0, 0.05) is 22.3 Å². The van der Waals surface area contributed by atoms with Crippen LogP contribution in [0.15, 0.2) is 54.7 Å². The van der Waals surface area contributed by atoms with E-state index >= 15 is 0 Å². The van der Waals surface area contributed by atoms with E-state index < -0.39 is 0 Å². The third-order valence-electron chi connectivity index (χ3n) is 3.04. The third kappa shape index (κ3) is 2.68. The normalized spacial score (nSPS) is 10.7. The van der Waals surface area contributed by atoms with Gasteiger partial charge in [-0.05, 0) is 42.0 Å². The topological polar surface area (TPSA) is 48.1 Å². The van der Waals surface area contributed by atoms with E-state index in [0.717, 1.165) is 27.9 Å². The number of nitrogens with two attached hydrogens (primary N) is 1. The minimum atomic E-state index is 0.488. The van der Waals surface area contributed by atoms with Gasteiger partial charge in [-0.1, -0.05) is 23.7 Å².